The molecule has 0 unspecified atom stereocenters. The Labute approximate surface area is 155 Å². The van der Waals surface area contributed by atoms with E-state index in [1.807, 2.05) is 29.2 Å². The van der Waals surface area contributed by atoms with Gasteiger partial charge in [0, 0.05) is 18.0 Å². The number of aliphatic imine (C=N–C) groups is 1. The van der Waals surface area contributed by atoms with Crippen molar-refractivity contribution in [3.05, 3.63) is 84.1 Å². The van der Waals surface area contributed by atoms with Crippen LogP contribution in [0.3, 0.4) is 0 Å². The maximum Gasteiger partial charge on any atom is 0.206 e. The molecule has 2 heterocycles. The molecule has 0 amide bonds. The largest absolute Gasteiger partial charge is 0.305 e. The van der Waals surface area contributed by atoms with Gasteiger partial charge in [-0.2, -0.15) is 20.8 Å². The number of aromatic nitrogens is 2. The molecule has 27 heavy (non-hydrogen) atoms. The van der Waals surface area contributed by atoms with E-state index in [1.54, 1.807) is 61.3 Å². The van der Waals surface area contributed by atoms with Gasteiger partial charge in [-0.3, -0.25) is 9.97 Å². The number of pyridine rings is 2. The summed E-state index contributed by atoms with van der Waals surface area (Å²) in [5, 5.41) is 27.5. The number of nitrogens with zero attached hydrogens (tertiary/aromatic N) is 7. The van der Waals surface area contributed by atoms with Crippen LogP contribution in [-0.2, 0) is 0 Å². The maximum atomic E-state index is 9.20. The lowest BCUT2D eigenvalue weighted by Gasteiger charge is -2.28. The fourth-order valence-corrected chi connectivity index (χ4v) is 2.56. The average Bonchev–Trinajstić information content (AvgIpc) is 2.72. The molecule has 7 heteroatoms. The van der Waals surface area contributed by atoms with Crippen molar-refractivity contribution in [2.75, 3.05) is 4.90 Å². The summed E-state index contributed by atoms with van der Waals surface area (Å²) in [7, 11) is 0. The molecule has 0 radical (unpaired) electrons. The molecule has 0 bridgehead atoms. The highest BCUT2D eigenvalue weighted by molar-refractivity contribution is 6.14. The molecular formula is C20H11N7. The molecule has 0 atom stereocenters. The third kappa shape index (κ3) is 3.61. The van der Waals surface area contributed by atoms with Gasteiger partial charge in [0.25, 0.3) is 0 Å². The Kier molecular flexibility index (Phi) is 5.14. The van der Waals surface area contributed by atoms with Crippen molar-refractivity contribution < 1.29 is 0 Å². The van der Waals surface area contributed by atoms with E-state index in [-0.39, 0.29) is 5.57 Å². The summed E-state index contributed by atoms with van der Waals surface area (Å²) in [4.78, 5) is 14.0. The summed E-state index contributed by atoms with van der Waals surface area (Å²) < 4.78 is 0. The Morgan fingerprint density at radius 1 is 0.926 bits per heavy atom. The van der Waals surface area contributed by atoms with Gasteiger partial charge < -0.3 is 4.90 Å². The van der Waals surface area contributed by atoms with Gasteiger partial charge in [0.05, 0.1) is 35.2 Å². The second-order valence-corrected chi connectivity index (χ2v) is 5.27. The van der Waals surface area contributed by atoms with Crippen LogP contribution in [0.15, 0.2) is 89.1 Å². The van der Waals surface area contributed by atoms with Gasteiger partial charge in [0.1, 0.15) is 17.7 Å². The molecule has 0 spiro atoms. The summed E-state index contributed by atoms with van der Waals surface area (Å²) >= 11 is 0. The average molecular weight is 349 g/mol. The van der Waals surface area contributed by atoms with Crippen molar-refractivity contribution >= 4 is 17.1 Å². The lowest BCUT2D eigenvalue weighted by Crippen LogP contribution is -2.24. The molecule has 3 rings (SSSR count). The van der Waals surface area contributed by atoms with E-state index in [1.165, 1.54) is 0 Å². The zero-order valence-electron chi connectivity index (χ0n) is 14.0. The maximum absolute atomic E-state index is 9.20. The third-order valence-corrected chi connectivity index (χ3v) is 3.71. The normalized spacial score (nSPS) is 13.9. The van der Waals surface area contributed by atoms with Crippen molar-refractivity contribution in [3.8, 4) is 18.3 Å². The van der Waals surface area contributed by atoms with Crippen LogP contribution in [0, 0.1) is 34.1 Å². The molecule has 126 valence electrons. The SMILES string of the molecule is N#C/N=C1\C=CC(=C(C#N)C#N)C=C1N(c1cccnc1)c1cccnc1. The number of nitriles is 3. The second-order valence-electron chi connectivity index (χ2n) is 5.27. The quantitative estimate of drug-likeness (QED) is 0.620. The Morgan fingerprint density at radius 2 is 1.56 bits per heavy atom. The van der Waals surface area contributed by atoms with Crippen LogP contribution in [-0.4, -0.2) is 15.7 Å². The molecule has 1 aliphatic rings. The minimum Gasteiger partial charge on any atom is -0.305 e. The van der Waals surface area contributed by atoms with Crippen molar-refractivity contribution in [3.63, 3.8) is 0 Å². The first kappa shape index (κ1) is 17.3. The van der Waals surface area contributed by atoms with Gasteiger partial charge in [-0.05, 0) is 36.4 Å². The van der Waals surface area contributed by atoms with E-state index in [2.05, 4.69) is 15.0 Å². The summed E-state index contributed by atoms with van der Waals surface area (Å²) in [5.41, 5.74) is 2.75. The van der Waals surface area contributed by atoms with E-state index < -0.39 is 0 Å². The Morgan fingerprint density at radius 3 is 2.04 bits per heavy atom. The molecule has 2 aromatic heterocycles. The van der Waals surface area contributed by atoms with Gasteiger partial charge >= 0.3 is 0 Å². The monoisotopic (exact) mass is 349 g/mol. The molecule has 7 nitrogen and oxygen atoms in total. The first-order valence-electron chi connectivity index (χ1n) is 7.80. The van der Waals surface area contributed by atoms with Crippen LogP contribution in [0.4, 0.5) is 11.4 Å². The highest BCUT2D eigenvalue weighted by Crippen LogP contribution is 2.32. The van der Waals surface area contributed by atoms with Gasteiger partial charge in [0.2, 0.25) is 6.19 Å². The Hall–Kier alpha value is -4.54. The molecule has 0 aromatic carbocycles. The summed E-state index contributed by atoms with van der Waals surface area (Å²) in [6.07, 6.45) is 13.3. The van der Waals surface area contributed by atoms with E-state index in [0.29, 0.717) is 28.4 Å². The van der Waals surface area contributed by atoms with E-state index in [0.717, 1.165) is 0 Å². The lowest BCUT2D eigenvalue weighted by atomic mass is 9.99. The predicted molar refractivity (Wildman–Crippen MR) is 99.1 cm³/mol. The van der Waals surface area contributed by atoms with Crippen LogP contribution < -0.4 is 4.90 Å². The molecule has 0 saturated heterocycles. The third-order valence-electron chi connectivity index (χ3n) is 3.71. The predicted octanol–water partition coefficient (Wildman–Crippen LogP) is 3.33. The fourth-order valence-electron chi connectivity index (χ4n) is 2.56. The minimum atomic E-state index is -0.0305. The molecule has 2 aromatic rings. The molecule has 0 N–H and O–H groups in total. The number of hydrogen-bond acceptors (Lipinski definition) is 7. The van der Waals surface area contributed by atoms with Crippen molar-refractivity contribution in [1.29, 1.82) is 15.8 Å². The van der Waals surface area contributed by atoms with Crippen molar-refractivity contribution in [1.82, 2.24) is 9.97 Å². The van der Waals surface area contributed by atoms with Gasteiger partial charge in [-0.15, -0.1) is 0 Å². The van der Waals surface area contributed by atoms with Crippen LogP contribution in [0.2, 0.25) is 0 Å². The molecule has 1 aliphatic carbocycles. The van der Waals surface area contributed by atoms with Crippen molar-refractivity contribution in [2.24, 2.45) is 4.99 Å². The second kappa shape index (κ2) is 8.02. The fraction of sp³-hybridized carbons (Fsp3) is 0. The van der Waals surface area contributed by atoms with Crippen LogP contribution in [0.25, 0.3) is 0 Å². The first-order chi connectivity index (χ1) is 13.3. The zero-order valence-corrected chi connectivity index (χ0v) is 14.0. The first-order valence-corrected chi connectivity index (χ1v) is 7.80. The van der Waals surface area contributed by atoms with E-state index in [4.69, 9.17) is 5.26 Å². The lowest BCUT2D eigenvalue weighted by molar-refractivity contribution is 1.16. The number of allylic oxidation sites excluding steroid dienone is 5. The Bertz CT molecular complexity index is 1030. The summed E-state index contributed by atoms with van der Waals surface area (Å²) in [6.45, 7) is 0. The molecule has 0 saturated carbocycles. The molecule has 0 fully saturated rings. The van der Waals surface area contributed by atoms with Crippen LogP contribution in [0.5, 0.6) is 0 Å². The van der Waals surface area contributed by atoms with Gasteiger partial charge in [0.15, 0.2) is 0 Å². The van der Waals surface area contributed by atoms with Crippen LogP contribution in [0.1, 0.15) is 0 Å². The Balaban J connectivity index is 2.27. The number of hydrogen-bond donors (Lipinski definition) is 0. The van der Waals surface area contributed by atoms with Crippen LogP contribution >= 0.6 is 0 Å². The summed E-state index contributed by atoms with van der Waals surface area (Å²) in [6, 6.07) is 11.0. The molecular weight excluding hydrogens is 338 g/mol. The van der Waals surface area contributed by atoms with E-state index in [9.17, 15) is 10.5 Å². The van der Waals surface area contributed by atoms with Crippen molar-refractivity contribution in [2.45, 2.75) is 0 Å². The van der Waals surface area contributed by atoms with E-state index >= 15 is 0 Å². The zero-order chi connectivity index (χ0) is 19.1. The molecule has 0 aliphatic heterocycles. The minimum absolute atomic E-state index is 0.0305. The standard InChI is InChI=1S/C20H11N7/c21-10-16(11-22)15-5-6-19(26-14-23)20(9-15)27(17-3-1-7-24-12-17)18-4-2-8-25-13-18/h1-9,12-13H/b26-19+. The highest BCUT2D eigenvalue weighted by Gasteiger charge is 2.22. The smallest absolute Gasteiger partial charge is 0.206 e. The summed E-state index contributed by atoms with van der Waals surface area (Å²) in [5.74, 6) is 0. The van der Waals surface area contributed by atoms with Gasteiger partial charge in [-0.25, -0.2) is 0 Å². The van der Waals surface area contributed by atoms with Gasteiger partial charge in [-0.1, -0.05) is 6.08 Å². The topological polar surface area (TPSA) is 113 Å². The number of anilines is 2. The highest BCUT2D eigenvalue weighted by atomic mass is 15.2. The number of rotatable bonds is 3.